The summed E-state index contributed by atoms with van der Waals surface area (Å²) in [5, 5.41) is 6.61. The van der Waals surface area contributed by atoms with Gasteiger partial charge in [0.15, 0.2) is 5.96 Å². The average Bonchev–Trinajstić information content (AvgIpc) is 2.47. The van der Waals surface area contributed by atoms with Crippen molar-refractivity contribution < 1.29 is 8.42 Å². The van der Waals surface area contributed by atoms with Crippen molar-refractivity contribution in [2.24, 2.45) is 4.99 Å². The summed E-state index contributed by atoms with van der Waals surface area (Å²) in [6.45, 7) is 13.2. The lowest BCUT2D eigenvalue weighted by atomic mass is 10.2. The minimum atomic E-state index is -2.90. The Hall–Kier alpha value is -0.0900. The molecule has 0 fully saturated rings. The molecule has 0 spiro atoms. The van der Waals surface area contributed by atoms with Gasteiger partial charge in [0.1, 0.15) is 9.84 Å². The van der Waals surface area contributed by atoms with E-state index in [0.717, 1.165) is 45.0 Å². The lowest BCUT2D eigenvalue weighted by Gasteiger charge is -2.21. The van der Waals surface area contributed by atoms with Crippen LogP contribution >= 0.6 is 24.0 Å². The molecule has 8 heteroatoms. The standard InChI is InChI=1S/C16H36N4O2S.HI/c1-6-17-16(18-12-10-14-23(5,21)22)19-15(4)11-9-13-20(7-2)8-3;/h15H,6-14H2,1-5H3,(H2,17,18,19);1H. The molecule has 0 heterocycles. The molecule has 0 aliphatic carbocycles. The molecule has 24 heavy (non-hydrogen) atoms. The van der Waals surface area contributed by atoms with Crippen molar-refractivity contribution in [2.45, 2.75) is 53.0 Å². The number of halogens is 1. The fourth-order valence-corrected chi connectivity index (χ4v) is 2.96. The van der Waals surface area contributed by atoms with Gasteiger partial charge in [-0.2, -0.15) is 0 Å². The SMILES string of the molecule is CCNC(=NCCCS(C)(=O)=O)NC(C)CCCN(CC)CC.I. The zero-order valence-corrected chi connectivity index (χ0v) is 19.1. The molecule has 0 rings (SSSR count). The number of hydrogen-bond acceptors (Lipinski definition) is 4. The highest BCUT2D eigenvalue weighted by atomic mass is 127. The van der Waals surface area contributed by atoms with Gasteiger partial charge in [0.25, 0.3) is 0 Å². The number of rotatable bonds is 12. The largest absolute Gasteiger partial charge is 0.357 e. The van der Waals surface area contributed by atoms with Crippen molar-refractivity contribution in [2.75, 3.05) is 44.7 Å². The van der Waals surface area contributed by atoms with Gasteiger partial charge >= 0.3 is 0 Å². The van der Waals surface area contributed by atoms with Crippen molar-refractivity contribution in [1.29, 1.82) is 0 Å². The van der Waals surface area contributed by atoms with Crippen LogP contribution in [-0.2, 0) is 9.84 Å². The number of guanidine groups is 1. The predicted molar refractivity (Wildman–Crippen MR) is 115 cm³/mol. The highest BCUT2D eigenvalue weighted by molar-refractivity contribution is 14.0. The second kappa shape index (κ2) is 15.2. The monoisotopic (exact) mass is 476 g/mol. The Balaban J connectivity index is 0. The first kappa shape index (κ1) is 26.1. The quantitative estimate of drug-likeness (QED) is 0.195. The summed E-state index contributed by atoms with van der Waals surface area (Å²) in [4.78, 5) is 6.88. The molecule has 0 aromatic heterocycles. The third-order valence-corrected chi connectivity index (χ3v) is 4.71. The zero-order chi connectivity index (χ0) is 17.7. The van der Waals surface area contributed by atoms with Gasteiger partial charge in [0.2, 0.25) is 0 Å². The lowest BCUT2D eigenvalue weighted by molar-refractivity contribution is 0.292. The van der Waals surface area contributed by atoms with Crippen molar-refractivity contribution in [3.63, 3.8) is 0 Å². The van der Waals surface area contributed by atoms with Gasteiger partial charge in [-0.05, 0) is 52.7 Å². The summed E-state index contributed by atoms with van der Waals surface area (Å²) in [6, 6.07) is 0.346. The summed E-state index contributed by atoms with van der Waals surface area (Å²) in [5.41, 5.74) is 0. The maximum atomic E-state index is 11.1. The van der Waals surface area contributed by atoms with Gasteiger partial charge in [-0.1, -0.05) is 13.8 Å². The fraction of sp³-hybridized carbons (Fsp3) is 0.938. The first-order chi connectivity index (χ1) is 10.8. The van der Waals surface area contributed by atoms with E-state index in [2.05, 4.69) is 41.3 Å². The lowest BCUT2D eigenvalue weighted by Crippen LogP contribution is -2.42. The van der Waals surface area contributed by atoms with Crippen molar-refractivity contribution in [1.82, 2.24) is 15.5 Å². The van der Waals surface area contributed by atoms with Gasteiger partial charge in [-0.15, -0.1) is 24.0 Å². The van der Waals surface area contributed by atoms with E-state index in [1.807, 2.05) is 6.92 Å². The van der Waals surface area contributed by atoms with Crippen molar-refractivity contribution in [3.8, 4) is 0 Å². The van der Waals surface area contributed by atoms with E-state index in [-0.39, 0.29) is 29.7 Å². The molecule has 0 saturated carbocycles. The van der Waals surface area contributed by atoms with Gasteiger partial charge in [-0.3, -0.25) is 4.99 Å². The second-order valence-electron chi connectivity index (χ2n) is 5.96. The van der Waals surface area contributed by atoms with Crippen LogP contribution < -0.4 is 10.6 Å². The Labute approximate surface area is 166 Å². The summed E-state index contributed by atoms with van der Waals surface area (Å²) in [7, 11) is -2.90. The first-order valence-electron chi connectivity index (χ1n) is 8.77. The van der Waals surface area contributed by atoms with Crippen LogP contribution in [-0.4, -0.2) is 70.1 Å². The van der Waals surface area contributed by atoms with Gasteiger partial charge in [-0.25, -0.2) is 8.42 Å². The van der Waals surface area contributed by atoms with Crippen LogP contribution in [0.3, 0.4) is 0 Å². The fourth-order valence-electron chi connectivity index (χ4n) is 2.30. The van der Waals surface area contributed by atoms with Crippen LogP contribution in [0, 0.1) is 0 Å². The third-order valence-electron chi connectivity index (χ3n) is 3.68. The number of aliphatic imine (C=N–C) groups is 1. The highest BCUT2D eigenvalue weighted by Gasteiger charge is 2.07. The van der Waals surface area contributed by atoms with Crippen molar-refractivity contribution in [3.05, 3.63) is 0 Å². The molecule has 0 amide bonds. The molecule has 0 saturated heterocycles. The van der Waals surface area contributed by atoms with Crippen LogP contribution in [0.1, 0.15) is 47.0 Å². The molecule has 1 atom stereocenters. The molecule has 0 aliphatic rings. The maximum Gasteiger partial charge on any atom is 0.191 e. The average molecular weight is 476 g/mol. The number of hydrogen-bond donors (Lipinski definition) is 2. The van der Waals surface area contributed by atoms with Gasteiger partial charge in [0, 0.05) is 25.4 Å². The molecule has 1 unspecified atom stereocenters. The molecular weight excluding hydrogens is 439 g/mol. The molecule has 0 aromatic carbocycles. The molecular formula is C16H37IN4O2S. The second-order valence-corrected chi connectivity index (χ2v) is 8.22. The Kier molecular flexibility index (Phi) is 16.5. The van der Waals surface area contributed by atoms with Crippen LogP contribution in [0.15, 0.2) is 4.99 Å². The summed E-state index contributed by atoms with van der Waals surface area (Å²) in [5.74, 6) is 0.964. The maximum absolute atomic E-state index is 11.1. The molecule has 0 aliphatic heterocycles. The Morgan fingerprint density at radius 1 is 1.17 bits per heavy atom. The summed E-state index contributed by atoms with van der Waals surface area (Å²) in [6.07, 6.45) is 4.07. The Morgan fingerprint density at radius 2 is 1.79 bits per heavy atom. The predicted octanol–water partition coefficient (Wildman–Crippen LogP) is 2.10. The Morgan fingerprint density at radius 3 is 2.29 bits per heavy atom. The summed E-state index contributed by atoms with van der Waals surface area (Å²) < 4.78 is 22.2. The molecule has 0 radical (unpaired) electrons. The molecule has 2 N–H and O–H groups in total. The van der Waals surface area contributed by atoms with E-state index >= 15 is 0 Å². The number of sulfone groups is 1. The molecule has 146 valence electrons. The minimum absolute atomic E-state index is 0. The minimum Gasteiger partial charge on any atom is -0.357 e. The van der Waals surface area contributed by atoms with E-state index in [9.17, 15) is 8.42 Å². The van der Waals surface area contributed by atoms with Gasteiger partial charge in [0.05, 0.1) is 5.75 Å². The highest BCUT2D eigenvalue weighted by Crippen LogP contribution is 2.00. The van der Waals surface area contributed by atoms with Crippen LogP contribution in [0.5, 0.6) is 0 Å². The van der Waals surface area contributed by atoms with E-state index in [1.165, 1.54) is 6.26 Å². The van der Waals surface area contributed by atoms with Crippen LogP contribution in [0.25, 0.3) is 0 Å². The summed E-state index contributed by atoms with van der Waals surface area (Å²) >= 11 is 0. The molecule has 0 aromatic rings. The number of nitrogens with one attached hydrogen (secondary N) is 2. The zero-order valence-electron chi connectivity index (χ0n) is 16.0. The third kappa shape index (κ3) is 15.4. The topological polar surface area (TPSA) is 73.8 Å². The van der Waals surface area contributed by atoms with Crippen molar-refractivity contribution >= 4 is 39.8 Å². The molecule has 6 nitrogen and oxygen atoms in total. The van der Waals surface area contributed by atoms with Crippen LogP contribution in [0.4, 0.5) is 0 Å². The number of nitrogens with zero attached hydrogens (tertiary/aromatic N) is 2. The Bertz CT molecular complexity index is 426. The van der Waals surface area contributed by atoms with E-state index in [4.69, 9.17) is 0 Å². The normalized spacial score (nSPS) is 13.5. The smallest absolute Gasteiger partial charge is 0.191 e. The van der Waals surface area contributed by atoms with Crippen LogP contribution in [0.2, 0.25) is 0 Å². The van der Waals surface area contributed by atoms with E-state index in [0.29, 0.717) is 19.0 Å². The van der Waals surface area contributed by atoms with E-state index in [1.54, 1.807) is 0 Å². The van der Waals surface area contributed by atoms with Gasteiger partial charge < -0.3 is 15.5 Å². The van der Waals surface area contributed by atoms with E-state index < -0.39 is 9.84 Å². The molecule has 0 bridgehead atoms. The first-order valence-corrected chi connectivity index (χ1v) is 10.8.